The van der Waals surface area contributed by atoms with Crippen LogP contribution in [0.3, 0.4) is 0 Å². The number of carbonyl (C=O) groups is 1. The van der Waals surface area contributed by atoms with Gasteiger partial charge in [0.1, 0.15) is 0 Å². The van der Waals surface area contributed by atoms with Crippen molar-refractivity contribution in [3.63, 3.8) is 0 Å². The van der Waals surface area contributed by atoms with Crippen molar-refractivity contribution in [2.24, 2.45) is 41.4 Å². The standard InChI is InChI=1S/C18H21F5O4/c1-2-26-16(25,17(19,20)21)18(22,23)27-15(24)12-7-10-6-11(12)14-9-4-3-8(5-9)13(10)14/h3-4,8-14,25H,2,5-7H2,1H3. The van der Waals surface area contributed by atoms with Crippen LogP contribution in [0.5, 0.6) is 0 Å². The second kappa shape index (κ2) is 5.89. The predicted octanol–water partition coefficient (Wildman–Crippen LogP) is 3.50. The lowest BCUT2D eigenvalue weighted by Crippen LogP contribution is -2.62. The minimum absolute atomic E-state index is 0.158. The van der Waals surface area contributed by atoms with Gasteiger partial charge in [0.2, 0.25) is 0 Å². The van der Waals surface area contributed by atoms with Gasteiger partial charge in [-0.15, -0.1) is 0 Å². The molecule has 0 heterocycles. The van der Waals surface area contributed by atoms with Crippen LogP contribution < -0.4 is 0 Å². The summed E-state index contributed by atoms with van der Waals surface area (Å²) < 4.78 is 75.2. The topological polar surface area (TPSA) is 55.8 Å². The number of fused-ring (bicyclic) bond motifs is 9. The highest BCUT2D eigenvalue weighted by Gasteiger charge is 2.74. The van der Waals surface area contributed by atoms with Crippen molar-refractivity contribution >= 4 is 5.97 Å². The summed E-state index contributed by atoms with van der Waals surface area (Å²) in [5.74, 6) is -5.67. The Bertz CT molecular complexity index is 663. The lowest BCUT2D eigenvalue weighted by molar-refractivity contribution is -0.473. The molecule has 0 aromatic rings. The molecular formula is C18H21F5O4. The number of halogens is 5. The van der Waals surface area contributed by atoms with Crippen LogP contribution in [0.1, 0.15) is 26.2 Å². The van der Waals surface area contributed by atoms with Gasteiger partial charge in [0, 0.05) is 6.61 Å². The average molecular weight is 396 g/mol. The van der Waals surface area contributed by atoms with E-state index in [4.69, 9.17) is 0 Å². The zero-order chi connectivity index (χ0) is 19.8. The van der Waals surface area contributed by atoms with Crippen molar-refractivity contribution in [1.82, 2.24) is 0 Å². The van der Waals surface area contributed by atoms with Crippen LogP contribution in [0.4, 0.5) is 22.0 Å². The van der Waals surface area contributed by atoms with Gasteiger partial charge < -0.3 is 14.6 Å². The summed E-state index contributed by atoms with van der Waals surface area (Å²) in [6.07, 6.45) is -4.74. The SMILES string of the molecule is CCOC(O)(C(F)(F)F)C(F)(F)OC(=O)C1CC2CC1C1C3C=CC(C3)C21. The number of rotatable bonds is 5. The average Bonchev–Trinajstić information content (AvgIpc) is 3.31. The van der Waals surface area contributed by atoms with Gasteiger partial charge in [-0.3, -0.25) is 4.79 Å². The molecule has 4 bridgehead atoms. The van der Waals surface area contributed by atoms with Crippen molar-refractivity contribution in [1.29, 1.82) is 0 Å². The highest BCUT2D eigenvalue weighted by Crippen LogP contribution is 2.67. The van der Waals surface area contributed by atoms with Crippen molar-refractivity contribution in [2.75, 3.05) is 6.61 Å². The first-order chi connectivity index (χ1) is 12.5. The number of alkyl halides is 5. The highest BCUT2D eigenvalue weighted by molar-refractivity contribution is 5.74. The molecule has 4 nitrogen and oxygen atoms in total. The third kappa shape index (κ3) is 2.57. The van der Waals surface area contributed by atoms with Gasteiger partial charge in [-0.05, 0) is 61.7 Å². The lowest BCUT2D eigenvalue weighted by Gasteiger charge is -2.38. The van der Waals surface area contributed by atoms with E-state index >= 15 is 0 Å². The van der Waals surface area contributed by atoms with Crippen LogP contribution >= 0.6 is 0 Å². The van der Waals surface area contributed by atoms with E-state index < -0.39 is 36.6 Å². The maximum absolute atomic E-state index is 14.2. The monoisotopic (exact) mass is 396 g/mol. The first-order valence-corrected chi connectivity index (χ1v) is 9.22. The third-order valence-corrected chi connectivity index (χ3v) is 6.93. The Morgan fingerprint density at radius 3 is 2.30 bits per heavy atom. The fraction of sp³-hybridized carbons (Fsp3) is 0.833. The van der Waals surface area contributed by atoms with Gasteiger partial charge in [0.25, 0.3) is 0 Å². The minimum Gasteiger partial charge on any atom is -0.396 e. The molecule has 3 fully saturated rings. The maximum atomic E-state index is 14.2. The number of esters is 1. The summed E-state index contributed by atoms with van der Waals surface area (Å²) in [6.45, 7) is 0.184. The summed E-state index contributed by atoms with van der Waals surface area (Å²) in [5.41, 5.74) is 0. The quantitative estimate of drug-likeness (QED) is 0.254. The van der Waals surface area contributed by atoms with E-state index in [1.54, 1.807) is 0 Å². The molecule has 0 aromatic carbocycles. The lowest BCUT2D eigenvalue weighted by atomic mass is 9.69. The predicted molar refractivity (Wildman–Crippen MR) is 81.1 cm³/mol. The Kier molecular flexibility index (Phi) is 4.17. The van der Waals surface area contributed by atoms with Crippen LogP contribution in [0, 0.1) is 41.4 Å². The third-order valence-electron chi connectivity index (χ3n) is 6.93. The second-order valence-corrected chi connectivity index (χ2v) is 8.12. The van der Waals surface area contributed by atoms with Crippen LogP contribution in [-0.2, 0) is 14.3 Å². The van der Waals surface area contributed by atoms with Gasteiger partial charge in [-0.2, -0.15) is 22.0 Å². The van der Waals surface area contributed by atoms with E-state index in [9.17, 15) is 31.9 Å². The van der Waals surface area contributed by atoms with E-state index in [2.05, 4.69) is 21.6 Å². The summed E-state index contributed by atoms with van der Waals surface area (Å²) in [6, 6.07) is 0. The summed E-state index contributed by atoms with van der Waals surface area (Å²) in [4.78, 5) is 12.4. The molecule has 0 amide bonds. The zero-order valence-electron chi connectivity index (χ0n) is 14.6. The number of ether oxygens (including phenoxy) is 2. The van der Waals surface area contributed by atoms with E-state index in [1.807, 2.05) is 0 Å². The number of carbonyl (C=O) groups excluding carboxylic acids is 1. The van der Waals surface area contributed by atoms with Crippen LogP contribution in [-0.4, -0.2) is 35.8 Å². The van der Waals surface area contributed by atoms with Crippen molar-refractivity contribution < 1.29 is 41.3 Å². The number of aliphatic hydroxyl groups is 1. The molecule has 1 N–H and O–H groups in total. The van der Waals surface area contributed by atoms with E-state index in [-0.39, 0.29) is 17.8 Å². The Morgan fingerprint density at radius 1 is 1.07 bits per heavy atom. The molecule has 0 saturated heterocycles. The van der Waals surface area contributed by atoms with Gasteiger partial charge in [0.05, 0.1) is 5.92 Å². The molecular weight excluding hydrogens is 375 g/mol. The summed E-state index contributed by atoms with van der Waals surface area (Å²) in [5, 5.41) is 9.45. The van der Waals surface area contributed by atoms with Gasteiger partial charge >= 0.3 is 24.0 Å². The molecule has 0 spiro atoms. The number of allylic oxidation sites excluding steroid dienone is 2. The molecule has 0 aromatic heterocycles. The van der Waals surface area contributed by atoms with Crippen LogP contribution in [0.2, 0.25) is 0 Å². The highest BCUT2D eigenvalue weighted by atomic mass is 19.4. The van der Waals surface area contributed by atoms with Gasteiger partial charge in [0.15, 0.2) is 0 Å². The summed E-state index contributed by atoms with van der Waals surface area (Å²) in [7, 11) is 0. The zero-order valence-corrected chi connectivity index (χ0v) is 14.6. The van der Waals surface area contributed by atoms with E-state index in [0.29, 0.717) is 30.6 Å². The van der Waals surface area contributed by atoms with Crippen molar-refractivity contribution in [3.05, 3.63) is 12.2 Å². The van der Waals surface area contributed by atoms with Gasteiger partial charge in [-0.1, -0.05) is 12.2 Å². The molecule has 4 aliphatic carbocycles. The largest absolute Gasteiger partial charge is 0.466 e. The first kappa shape index (κ1) is 19.1. The maximum Gasteiger partial charge on any atom is 0.466 e. The molecule has 0 aliphatic heterocycles. The Labute approximate surface area is 152 Å². The van der Waals surface area contributed by atoms with Gasteiger partial charge in [-0.25, -0.2) is 0 Å². The molecule has 8 unspecified atom stereocenters. The molecule has 27 heavy (non-hydrogen) atoms. The molecule has 4 aliphatic rings. The Morgan fingerprint density at radius 2 is 1.70 bits per heavy atom. The molecule has 9 heteroatoms. The molecule has 0 radical (unpaired) electrons. The normalized spacial score (nSPS) is 41.7. The minimum atomic E-state index is -5.83. The smallest absolute Gasteiger partial charge is 0.396 e. The van der Waals surface area contributed by atoms with Crippen molar-refractivity contribution in [3.8, 4) is 0 Å². The van der Waals surface area contributed by atoms with E-state index in [1.165, 1.54) is 0 Å². The van der Waals surface area contributed by atoms with Crippen LogP contribution in [0.25, 0.3) is 0 Å². The Hall–Kier alpha value is -1.22. The summed E-state index contributed by atoms with van der Waals surface area (Å²) >= 11 is 0. The first-order valence-electron chi connectivity index (χ1n) is 9.22. The fourth-order valence-corrected chi connectivity index (χ4v) is 6.10. The Balaban J connectivity index is 1.50. The second-order valence-electron chi connectivity index (χ2n) is 8.12. The number of hydrogen-bond acceptors (Lipinski definition) is 4. The number of hydrogen-bond donors (Lipinski definition) is 1. The molecule has 3 saturated carbocycles. The molecule has 4 rings (SSSR count). The molecule has 8 atom stereocenters. The molecule has 152 valence electrons. The van der Waals surface area contributed by atoms with Crippen LogP contribution in [0.15, 0.2) is 12.2 Å². The van der Waals surface area contributed by atoms with Crippen molar-refractivity contribution in [2.45, 2.75) is 44.3 Å². The fourth-order valence-electron chi connectivity index (χ4n) is 6.10. The van der Waals surface area contributed by atoms with E-state index in [0.717, 1.165) is 13.3 Å².